The zero-order chi connectivity index (χ0) is 17.5. The molecule has 0 aromatic carbocycles. The Balaban J connectivity index is 2.24. The van der Waals surface area contributed by atoms with Crippen LogP contribution in [0.4, 0.5) is 5.82 Å². The molecular formula is C17H21N5S2. The van der Waals surface area contributed by atoms with Gasteiger partial charge in [0.2, 0.25) is 0 Å². The van der Waals surface area contributed by atoms with Crippen LogP contribution in [-0.4, -0.2) is 23.2 Å². The van der Waals surface area contributed by atoms with E-state index in [2.05, 4.69) is 21.9 Å². The van der Waals surface area contributed by atoms with E-state index in [0.717, 1.165) is 37.6 Å². The highest BCUT2D eigenvalue weighted by Gasteiger charge is 2.13. The fourth-order valence-corrected chi connectivity index (χ4v) is 3.98. The maximum Gasteiger partial charge on any atom is 0.145 e. The van der Waals surface area contributed by atoms with Crippen molar-refractivity contribution in [2.45, 2.75) is 19.8 Å². The zero-order valence-electron chi connectivity index (χ0n) is 13.8. The molecule has 2 rings (SSSR count). The van der Waals surface area contributed by atoms with E-state index in [-0.39, 0.29) is 0 Å². The minimum absolute atomic E-state index is 0.643. The largest absolute Gasteiger partial charge is 0.405 e. The first-order valence-corrected chi connectivity index (χ1v) is 9.12. The summed E-state index contributed by atoms with van der Waals surface area (Å²) in [6.07, 6.45) is 8.00. The van der Waals surface area contributed by atoms with E-state index in [9.17, 15) is 0 Å². The Morgan fingerprint density at radius 3 is 2.79 bits per heavy atom. The first-order valence-electron chi connectivity index (χ1n) is 7.43. The first-order chi connectivity index (χ1) is 11.6. The van der Waals surface area contributed by atoms with Crippen LogP contribution in [0.25, 0.3) is 5.57 Å². The van der Waals surface area contributed by atoms with Crippen molar-refractivity contribution in [2.75, 3.05) is 12.4 Å². The second-order valence-electron chi connectivity index (χ2n) is 5.12. The van der Waals surface area contributed by atoms with Crippen LogP contribution in [0, 0.1) is 12.3 Å². The number of aromatic nitrogens is 2. The average molecular weight is 360 g/mol. The third-order valence-corrected chi connectivity index (χ3v) is 5.29. The third kappa shape index (κ3) is 4.62. The van der Waals surface area contributed by atoms with E-state index in [4.69, 9.17) is 11.1 Å². The van der Waals surface area contributed by atoms with Crippen molar-refractivity contribution in [1.82, 2.24) is 9.97 Å². The number of allylic oxidation sites excluding steroid dienone is 4. The molecule has 0 aliphatic heterocycles. The molecule has 0 fully saturated rings. The highest BCUT2D eigenvalue weighted by molar-refractivity contribution is 7.13. The topological polar surface area (TPSA) is 87.7 Å². The third-order valence-electron chi connectivity index (χ3n) is 3.20. The molecule has 0 bridgehead atoms. The van der Waals surface area contributed by atoms with Gasteiger partial charge in [0.05, 0.1) is 14.9 Å². The lowest BCUT2D eigenvalue weighted by molar-refractivity contribution is 1.13. The quantitative estimate of drug-likeness (QED) is 0.494. The van der Waals surface area contributed by atoms with Crippen molar-refractivity contribution in [3.63, 3.8) is 0 Å². The molecule has 2 aromatic rings. The minimum atomic E-state index is 0.643. The average Bonchev–Trinajstić information content (AvgIpc) is 3.14. The lowest BCUT2D eigenvalue weighted by Gasteiger charge is -2.01. The number of hydrogen-bond acceptors (Lipinski definition) is 7. The van der Waals surface area contributed by atoms with Crippen molar-refractivity contribution in [3.05, 3.63) is 56.5 Å². The molecule has 0 saturated carbocycles. The van der Waals surface area contributed by atoms with Gasteiger partial charge in [0.25, 0.3) is 0 Å². The summed E-state index contributed by atoms with van der Waals surface area (Å²) in [5.74, 6) is 0.782. The summed E-state index contributed by atoms with van der Waals surface area (Å²) in [6.45, 7) is 5.95. The number of rotatable bonds is 8. The summed E-state index contributed by atoms with van der Waals surface area (Å²) in [4.78, 5) is 10.0. The van der Waals surface area contributed by atoms with Gasteiger partial charge >= 0.3 is 0 Å². The summed E-state index contributed by atoms with van der Waals surface area (Å²) in [5, 5.41) is 14.9. The first kappa shape index (κ1) is 18.1. The summed E-state index contributed by atoms with van der Waals surface area (Å²) in [5.41, 5.74) is 8.17. The van der Waals surface area contributed by atoms with Crippen molar-refractivity contribution in [1.29, 1.82) is 5.41 Å². The van der Waals surface area contributed by atoms with Gasteiger partial charge in [-0.1, -0.05) is 12.7 Å². The summed E-state index contributed by atoms with van der Waals surface area (Å²) in [6, 6.07) is 0. The van der Waals surface area contributed by atoms with Gasteiger partial charge in [-0.05, 0) is 24.8 Å². The smallest absolute Gasteiger partial charge is 0.145 e. The van der Waals surface area contributed by atoms with Crippen LogP contribution in [0.2, 0.25) is 0 Å². The highest BCUT2D eigenvalue weighted by Crippen LogP contribution is 2.31. The molecule has 0 aliphatic rings. The SMILES string of the molecule is C=C(/C=C\N)Cc1nc(NC)c(/C(C=N)=C/Cc2nc(C)cs2)s1. The van der Waals surface area contributed by atoms with Gasteiger partial charge in [-0.15, -0.1) is 22.7 Å². The van der Waals surface area contributed by atoms with E-state index in [1.54, 1.807) is 28.7 Å². The number of anilines is 1. The Kier molecular flexibility index (Phi) is 6.45. The van der Waals surface area contributed by atoms with Crippen LogP contribution in [-0.2, 0) is 12.8 Å². The molecule has 126 valence electrons. The number of nitrogens with two attached hydrogens (primary N) is 1. The van der Waals surface area contributed by atoms with Gasteiger partial charge in [0, 0.05) is 42.8 Å². The Hall–Kier alpha value is -2.25. The van der Waals surface area contributed by atoms with Gasteiger partial charge in [-0.3, -0.25) is 0 Å². The molecule has 4 N–H and O–H groups in total. The molecule has 0 unspecified atom stereocenters. The van der Waals surface area contributed by atoms with Crippen LogP contribution >= 0.6 is 22.7 Å². The van der Waals surface area contributed by atoms with Gasteiger partial charge in [-0.25, -0.2) is 9.97 Å². The van der Waals surface area contributed by atoms with Gasteiger partial charge in [0.15, 0.2) is 0 Å². The number of thiazole rings is 2. The fourth-order valence-electron chi connectivity index (χ4n) is 2.11. The second-order valence-corrected chi connectivity index (χ2v) is 7.15. The van der Waals surface area contributed by atoms with Crippen molar-refractivity contribution < 1.29 is 0 Å². The number of hydrogen-bond donors (Lipinski definition) is 3. The van der Waals surface area contributed by atoms with Crippen LogP contribution in [0.1, 0.15) is 20.6 Å². The van der Waals surface area contributed by atoms with Gasteiger partial charge in [0.1, 0.15) is 5.82 Å². The summed E-state index contributed by atoms with van der Waals surface area (Å²) < 4.78 is 0. The summed E-state index contributed by atoms with van der Waals surface area (Å²) >= 11 is 3.20. The maximum atomic E-state index is 7.75. The zero-order valence-corrected chi connectivity index (χ0v) is 15.4. The molecule has 2 heterocycles. The van der Waals surface area contributed by atoms with Crippen molar-refractivity contribution in [2.24, 2.45) is 5.73 Å². The Morgan fingerprint density at radius 2 is 2.21 bits per heavy atom. The van der Waals surface area contributed by atoms with Gasteiger partial charge < -0.3 is 16.5 Å². The van der Waals surface area contributed by atoms with Crippen LogP contribution in [0.3, 0.4) is 0 Å². The predicted molar refractivity (Wildman–Crippen MR) is 105 cm³/mol. The molecule has 0 saturated heterocycles. The number of nitrogens with zero attached hydrogens (tertiary/aromatic N) is 2. The van der Waals surface area contributed by atoms with Crippen molar-refractivity contribution in [3.8, 4) is 0 Å². The Labute approximate surface area is 150 Å². The van der Waals surface area contributed by atoms with Crippen LogP contribution in [0.15, 0.2) is 35.9 Å². The normalized spacial score (nSPS) is 11.8. The Bertz CT molecular complexity index is 783. The summed E-state index contributed by atoms with van der Waals surface area (Å²) in [7, 11) is 1.84. The minimum Gasteiger partial charge on any atom is -0.405 e. The van der Waals surface area contributed by atoms with Crippen LogP contribution < -0.4 is 11.1 Å². The molecule has 0 spiro atoms. The van der Waals surface area contributed by atoms with E-state index in [0.29, 0.717) is 12.8 Å². The molecule has 0 radical (unpaired) electrons. The van der Waals surface area contributed by atoms with Crippen LogP contribution in [0.5, 0.6) is 0 Å². The number of aryl methyl sites for hydroxylation is 1. The highest BCUT2D eigenvalue weighted by atomic mass is 32.1. The molecule has 0 atom stereocenters. The second kappa shape index (κ2) is 8.56. The monoisotopic (exact) mass is 359 g/mol. The lowest BCUT2D eigenvalue weighted by Crippen LogP contribution is -1.94. The molecule has 0 aliphatic carbocycles. The molecule has 5 nitrogen and oxygen atoms in total. The van der Waals surface area contributed by atoms with E-state index in [1.807, 2.05) is 25.4 Å². The Morgan fingerprint density at radius 1 is 1.42 bits per heavy atom. The van der Waals surface area contributed by atoms with Crippen molar-refractivity contribution >= 4 is 40.3 Å². The molecule has 2 aromatic heterocycles. The van der Waals surface area contributed by atoms with E-state index in [1.165, 1.54) is 12.4 Å². The standard InChI is InChI=1S/C17H21N5S2/c1-11(6-7-18)8-15-22-17(20-3)16(24-15)13(9-19)4-5-14-21-12(2)10-23-14/h4,6-7,9-10,19-20H,1,5,8,18H2,2-3H3/b7-6-,13-4+,19-9?. The lowest BCUT2D eigenvalue weighted by atomic mass is 10.2. The van der Waals surface area contributed by atoms with Gasteiger partial charge in [-0.2, -0.15) is 0 Å². The van der Waals surface area contributed by atoms with E-state index >= 15 is 0 Å². The van der Waals surface area contributed by atoms with E-state index < -0.39 is 0 Å². The number of nitrogens with one attached hydrogen (secondary N) is 2. The fraction of sp³-hybridized carbons (Fsp3) is 0.235. The predicted octanol–water partition coefficient (Wildman–Crippen LogP) is 3.80. The maximum absolute atomic E-state index is 7.75. The molecule has 24 heavy (non-hydrogen) atoms. The molecule has 7 heteroatoms. The molecule has 0 amide bonds. The molecular weight excluding hydrogens is 338 g/mol.